The largest absolute Gasteiger partial charge is 0.478 e. The predicted octanol–water partition coefficient (Wildman–Crippen LogP) is 7.77. The summed E-state index contributed by atoms with van der Waals surface area (Å²) in [5.41, 5.74) is 3.22. The maximum absolute atomic E-state index is 12.7. The van der Waals surface area contributed by atoms with Crippen molar-refractivity contribution in [1.29, 1.82) is 0 Å². The zero-order valence-electron chi connectivity index (χ0n) is 20.4. The number of pyridine rings is 2. The Kier molecular flexibility index (Phi) is 8.24. The number of fused-ring (bicyclic) bond motifs is 6. The van der Waals surface area contributed by atoms with Crippen LogP contribution in [-0.2, 0) is 0 Å². The van der Waals surface area contributed by atoms with Crippen molar-refractivity contribution in [3.8, 4) is 0 Å². The molecular weight excluding hydrogens is 644 g/mol. The molecule has 7 heteroatoms. The molecule has 39 heavy (non-hydrogen) atoms. The number of hydrogen-bond donors (Lipinski definition) is 1. The van der Waals surface area contributed by atoms with Gasteiger partial charge >= 0.3 is 5.97 Å². The third-order valence-corrected chi connectivity index (χ3v) is 7.53. The quantitative estimate of drug-likeness (QED) is 0.154. The van der Waals surface area contributed by atoms with Crippen LogP contribution in [0.15, 0.2) is 116 Å². The molecule has 3 aromatic heterocycles. The Balaban J connectivity index is 0.000000175. The second-order valence-corrected chi connectivity index (χ2v) is 9.82. The topological polar surface area (TPSA) is 80.1 Å². The van der Waals surface area contributed by atoms with Gasteiger partial charge in [0.15, 0.2) is 5.78 Å². The molecule has 4 aromatic carbocycles. The molecule has 0 aliphatic rings. The van der Waals surface area contributed by atoms with Gasteiger partial charge in [-0.1, -0.05) is 54.6 Å². The zero-order chi connectivity index (χ0) is 26.1. The molecule has 1 N–H and O–H groups in total. The molecule has 0 saturated heterocycles. The van der Waals surface area contributed by atoms with Gasteiger partial charge in [-0.05, 0) is 48.5 Å². The second-order valence-electron chi connectivity index (χ2n) is 8.74. The fourth-order valence-electron chi connectivity index (χ4n) is 4.48. The average molecular weight is 665 g/mol. The van der Waals surface area contributed by atoms with Crippen LogP contribution in [0.4, 0.5) is 0 Å². The first-order chi connectivity index (χ1) is 18.6. The van der Waals surface area contributed by atoms with Gasteiger partial charge in [0.25, 0.3) is 0 Å². The molecule has 0 unspecified atom stereocenters. The first kappa shape index (κ1) is 27.2. The molecule has 0 aliphatic carbocycles. The van der Waals surface area contributed by atoms with Gasteiger partial charge in [-0.3, -0.25) is 14.8 Å². The average Bonchev–Trinajstić information content (AvgIpc) is 3.35. The Labute approximate surface area is 268 Å². The van der Waals surface area contributed by atoms with Crippen molar-refractivity contribution in [3.63, 3.8) is 0 Å². The molecule has 5 nitrogen and oxygen atoms in total. The van der Waals surface area contributed by atoms with Crippen molar-refractivity contribution in [2.45, 2.75) is 0 Å². The van der Waals surface area contributed by atoms with Crippen molar-refractivity contribution in [1.82, 2.24) is 9.97 Å². The van der Waals surface area contributed by atoms with Gasteiger partial charge in [0, 0.05) is 104 Å². The van der Waals surface area contributed by atoms with Crippen LogP contribution in [0, 0.1) is 49.4 Å². The molecule has 0 aliphatic heterocycles. The molecule has 189 valence electrons. The molecule has 1 radical (unpaired) electrons. The number of hydrogen-bond acceptors (Lipinski definition) is 5. The summed E-state index contributed by atoms with van der Waals surface area (Å²) in [5, 5.41) is 13.4. The molecule has 7 rings (SSSR count). The van der Waals surface area contributed by atoms with Crippen LogP contribution in [0.5, 0.6) is 0 Å². The first-order valence-corrected chi connectivity index (χ1v) is 12.8. The van der Waals surface area contributed by atoms with E-state index in [4.69, 9.17) is 5.11 Å². The zero-order valence-corrected chi connectivity index (χ0v) is 23.7. The van der Waals surface area contributed by atoms with Gasteiger partial charge in [0.1, 0.15) is 0 Å². The smallest absolute Gasteiger partial charge is 0.335 e. The third kappa shape index (κ3) is 5.54. The number of aromatic nitrogens is 2. The van der Waals surface area contributed by atoms with Gasteiger partial charge in [-0.15, -0.1) is 11.3 Å². The maximum Gasteiger partial charge on any atom is 0.335 e. The van der Waals surface area contributed by atoms with Gasteiger partial charge in [0.05, 0.1) is 16.6 Å². The maximum atomic E-state index is 12.7. The van der Waals surface area contributed by atoms with E-state index in [-0.39, 0.29) is 60.7 Å². The number of carboxylic acids is 1. The Bertz CT molecular complexity index is 1930. The van der Waals surface area contributed by atoms with Crippen LogP contribution < -0.4 is 0 Å². The summed E-state index contributed by atoms with van der Waals surface area (Å²) >= 11 is 1.71. The molecule has 0 fully saturated rings. The summed E-state index contributed by atoms with van der Waals surface area (Å²) < 4.78 is 2.34. The van der Waals surface area contributed by atoms with E-state index < -0.39 is 5.97 Å². The molecule has 0 bridgehead atoms. The van der Waals surface area contributed by atoms with Crippen LogP contribution in [0.25, 0.3) is 42.0 Å². The number of nitrogens with zero attached hydrogens (tertiary/aromatic N) is 2. The van der Waals surface area contributed by atoms with Crippen molar-refractivity contribution in [3.05, 3.63) is 132 Å². The second kappa shape index (κ2) is 11.8. The van der Waals surface area contributed by atoms with E-state index >= 15 is 0 Å². The van der Waals surface area contributed by atoms with Crippen LogP contribution in [-0.4, -0.2) is 26.8 Å². The van der Waals surface area contributed by atoms with Gasteiger partial charge in [-0.2, -0.15) is 0 Å². The molecule has 3 heterocycles. The minimum absolute atomic E-state index is 0. The summed E-state index contributed by atoms with van der Waals surface area (Å²) in [4.78, 5) is 32.3. The molecule has 7 aromatic rings. The fraction of sp³-hybridized carbons (Fsp3) is 0. The van der Waals surface area contributed by atoms with E-state index in [0.717, 1.165) is 37.3 Å². The van der Waals surface area contributed by atoms with Crippen LogP contribution >= 0.6 is 11.3 Å². The Morgan fingerprint density at radius 3 is 1.79 bits per heavy atom. The van der Waals surface area contributed by atoms with E-state index in [1.54, 1.807) is 35.9 Å². The van der Waals surface area contributed by atoms with E-state index in [2.05, 4.69) is 46.4 Å². The van der Waals surface area contributed by atoms with E-state index in [9.17, 15) is 9.59 Å². The third-order valence-electron chi connectivity index (χ3n) is 6.38. The monoisotopic (exact) mass is 665 g/mol. The van der Waals surface area contributed by atoms with E-state index in [0.29, 0.717) is 11.1 Å². The number of carbonyl (C=O) groups excluding carboxylic acids is 1. The minimum atomic E-state index is -1.000. The first-order valence-electron chi connectivity index (χ1n) is 12.0. The van der Waals surface area contributed by atoms with Crippen LogP contribution in [0.2, 0.25) is 0 Å². The van der Waals surface area contributed by atoms with E-state index in [1.165, 1.54) is 16.8 Å². The summed E-state index contributed by atoms with van der Waals surface area (Å²) in [6, 6.07) is 32.0. The molecule has 0 spiro atoms. The van der Waals surface area contributed by atoms with E-state index in [1.807, 2.05) is 42.5 Å². The molecule has 0 amide bonds. The number of aromatic carboxylic acids is 1. The standard InChI is InChI=1S/C20H12O3S.C12H8N2.Eu/c21-19(12-5-7-13(8-6-12)20(22)23)14-9-10-18-16(11-14)15-3-1-2-4-17(15)24-18;1-3-9-5-6-10-4-2-8-14-12(10)11(9)13-7-1;/h1-11H,(H,22,23);1-8H;. The number of benzene rings is 4. The van der Waals surface area contributed by atoms with Gasteiger partial charge in [-0.25, -0.2) is 4.79 Å². The molecule has 0 saturated carbocycles. The predicted molar refractivity (Wildman–Crippen MR) is 153 cm³/mol. The summed E-state index contributed by atoms with van der Waals surface area (Å²) in [5.74, 6) is -1.11. The Morgan fingerprint density at radius 2 is 1.15 bits per heavy atom. The number of carboxylic acid groups (broad SMARTS) is 1. The fourth-order valence-corrected chi connectivity index (χ4v) is 5.56. The molecule has 0 atom stereocenters. The van der Waals surface area contributed by atoms with Crippen molar-refractivity contribution < 1.29 is 64.1 Å². The van der Waals surface area contributed by atoms with Crippen LogP contribution in [0.3, 0.4) is 0 Å². The number of thiophene rings is 1. The van der Waals surface area contributed by atoms with Crippen LogP contribution in [0.1, 0.15) is 26.3 Å². The Morgan fingerprint density at radius 1 is 0.590 bits per heavy atom. The normalized spacial score (nSPS) is 10.7. The Hall–Kier alpha value is -3.36. The summed E-state index contributed by atoms with van der Waals surface area (Å²) in [7, 11) is 0. The SMILES string of the molecule is O=C(O)c1ccc(C(=O)c2ccc3sc4ccccc4c3c2)cc1.[Eu].c1cnc2c(c1)ccc1cccnc12. The number of carbonyl (C=O) groups is 2. The molecular formula is C32H20EuN2O3S. The van der Waals surface area contributed by atoms with Crippen molar-refractivity contribution >= 4 is 65.1 Å². The van der Waals surface area contributed by atoms with Crippen molar-refractivity contribution in [2.24, 2.45) is 0 Å². The number of rotatable bonds is 3. The van der Waals surface area contributed by atoms with Crippen molar-refractivity contribution in [2.75, 3.05) is 0 Å². The van der Waals surface area contributed by atoms with Gasteiger partial charge in [0.2, 0.25) is 0 Å². The number of ketones is 1. The van der Waals surface area contributed by atoms with Gasteiger partial charge < -0.3 is 5.11 Å². The summed E-state index contributed by atoms with van der Waals surface area (Å²) in [6.07, 6.45) is 3.60. The summed E-state index contributed by atoms with van der Waals surface area (Å²) in [6.45, 7) is 0. The minimum Gasteiger partial charge on any atom is -0.478 e.